The number of rotatable bonds is 7. The summed E-state index contributed by atoms with van der Waals surface area (Å²) in [5, 5.41) is 3.94. The number of halogens is 2. The van der Waals surface area contributed by atoms with E-state index in [0.717, 1.165) is 21.6 Å². The molecule has 2 amide bonds. The van der Waals surface area contributed by atoms with E-state index in [1.165, 1.54) is 14.2 Å². The number of hydrogen-bond acceptors (Lipinski definition) is 6. The van der Waals surface area contributed by atoms with Gasteiger partial charge in [-0.25, -0.2) is 4.90 Å². The van der Waals surface area contributed by atoms with Gasteiger partial charge < -0.3 is 14.8 Å². The van der Waals surface area contributed by atoms with E-state index in [2.05, 4.69) is 5.32 Å². The van der Waals surface area contributed by atoms with E-state index in [-0.39, 0.29) is 15.6 Å². The average molecular weight is 501 g/mol. The van der Waals surface area contributed by atoms with Crippen molar-refractivity contribution >= 4 is 58.2 Å². The highest BCUT2D eigenvalue weighted by Gasteiger charge is 2.41. The van der Waals surface area contributed by atoms with Crippen LogP contribution in [0.25, 0.3) is 0 Å². The maximum Gasteiger partial charge on any atom is 0.283 e. The molecule has 1 heterocycles. The van der Waals surface area contributed by atoms with E-state index in [1.807, 2.05) is 0 Å². The molecule has 168 valence electrons. The lowest BCUT2D eigenvalue weighted by atomic mass is 10.2. The summed E-state index contributed by atoms with van der Waals surface area (Å²) in [5.74, 6) is 0.0213. The third-order valence-electron chi connectivity index (χ3n) is 4.83. The van der Waals surface area contributed by atoms with Gasteiger partial charge in [0.1, 0.15) is 22.1 Å². The van der Waals surface area contributed by atoms with Gasteiger partial charge in [0, 0.05) is 16.0 Å². The molecule has 6 nitrogen and oxygen atoms in total. The maximum absolute atomic E-state index is 13.5. The predicted molar refractivity (Wildman–Crippen MR) is 131 cm³/mol. The first-order chi connectivity index (χ1) is 15.9. The van der Waals surface area contributed by atoms with Gasteiger partial charge in [-0.05, 0) is 48.5 Å². The minimum atomic E-state index is -0.533. The molecule has 1 aliphatic heterocycles. The molecular formula is C24H18Cl2N2O4S. The van der Waals surface area contributed by atoms with Gasteiger partial charge in [-0.1, -0.05) is 47.1 Å². The molecule has 9 heteroatoms. The number of benzene rings is 3. The van der Waals surface area contributed by atoms with Crippen LogP contribution < -0.4 is 19.7 Å². The Morgan fingerprint density at radius 1 is 0.879 bits per heavy atom. The second-order valence-corrected chi connectivity index (χ2v) is 8.78. The number of methoxy groups -OCH3 is 2. The van der Waals surface area contributed by atoms with Crippen LogP contribution in [-0.4, -0.2) is 26.0 Å². The van der Waals surface area contributed by atoms with E-state index >= 15 is 0 Å². The summed E-state index contributed by atoms with van der Waals surface area (Å²) < 4.78 is 10.7. The van der Waals surface area contributed by atoms with Gasteiger partial charge in [0.05, 0.1) is 30.6 Å². The molecule has 1 N–H and O–H groups in total. The number of thioether (sulfide) groups is 1. The highest BCUT2D eigenvalue weighted by Crippen LogP contribution is 2.41. The normalized spacial score (nSPS) is 13.5. The van der Waals surface area contributed by atoms with E-state index in [9.17, 15) is 9.59 Å². The Morgan fingerprint density at radius 2 is 1.61 bits per heavy atom. The number of carbonyl (C=O) groups excluding carboxylic acids is 2. The molecule has 1 aliphatic rings. The quantitative estimate of drug-likeness (QED) is 0.401. The maximum atomic E-state index is 13.5. The van der Waals surface area contributed by atoms with Crippen molar-refractivity contribution in [1.82, 2.24) is 0 Å². The van der Waals surface area contributed by atoms with Crippen LogP contribution in [0.5, 0.6) is 11.5 Å². The number of carbonyl (C=O) groups is 2. The van der Waals surface area contributed by atoms with Crippen molar-refractivity contribution in [3.63, 3.8) is 0 Å². The van der Waals surface area contributed by atoms with Crippen molar-refractivity contribution in [3.8, 4) is 11.5 Å². The number of nitrogens with one attached hydrogen (secondary N) is 1. The highest BCUT2D eigenvalue weighted by atomic mass is 35.5. The van der Waals surface area contributed by atoms with Gasteiger partial charge in [0.2, 0.25) is 0 Å². The average Bonchev–Trinajstić information content (AvgIpc) is 3.04. The Kier molecular flexibility index (Phi) is 6.83. The first-order valence-corrected chi connectivity index (χ1v) is 11.3. The molecule has 0 aliphatic carbocycles. The fraction of sp³-hybridized carbons (Fsp3) is 0.0833. The van der Waals surface area contributed by atoms with Crippen molar-refractivity contribution < 1.29 is 19.1 Å². The predicted octanol–water partition coefficient (Wildman–Crippen LogP) is 6.00. The third-order valence-corrected chi connectivity index (χ3v) is 6.50. The molecular weight excluding hydrogens is 483 g/mol. The summed E-state index contributed by atoms with van der Waals surface area (Å²) in [7, 11) is 3.05. The van der Waals surface area contributed by atoms with Crippen LogP contribution in [0.2, 0.25) is 10.0 Å². The second kappa shape index (κ2) is 9.79. The van der Waals surface area contributed by atoms with Crippen LogP contribution in [0.1, 0.15) is 0 Å². The molecule has 0 spiro atoms. The van der Waals surface area contributed by atoms with Crippen molar-refractivity contribution in [2.75, 3.05) is 24.4 Å². The summed E-state index contributed by atoms with van der Waals surface area (Å²) in [6, 6.07) is 18.8. The van der Waals surface area contributed by atoms with E-state index < -0.39 is 11.8 Å². The molecule has 0 saturated carbocycles. The van der Waals surface area contributed by atoms with Crippen LogP contribution in [0.3, 0.4) is 0 Å². The number of ether oxygens (including phenoxy) is 2. The number of imide groups is 1. The molecule has 33 heavy (non-hydrogen) atoms. The van der Waals surface area contributed by atoms with E-state index in [0.29, 0.717) is 27.9 Å². The molecule has 0 saturated heterocycles. The molecule has 4 rings (SSSR count). The molecule has 3 aromatic carbocycles. The van der Waals surface area contributed by atoms with Crippen LogP contribution in [0.15, 0.2) is 82.2 Å². The zero-order valence-electron chi connectivity index (χ0n) is 17.6. The van der Waals surface area contributed by atoms with Gasteiger partial charge in [0.25, 0.3) is 11.8 Å². The van der Waals surface area contributed by atoms with Gasteiger partial charge in [-0.3, -0.25) is 9.59 Å². The number of amides is 2. The second-order valence-electron chi connectivity index (χ2n) is 6.85. The number of hydrogen-bond donors (Lipinski definition) is 1. The van der Waals surface area contributed by atoms with Gasteiger partial charge in [-0.2, -0.15) is 0 Å². The lowest BCUT2D eigenvalue weighted by Crippen LogP contribution is -2.32. The van der Waals surface area contributed by atoms with Gasteiger partial charge in [0.15, 0.2) is 0 Å². The Hall–Kier alpha value is -3.13. The number of nitrogens with zero attached hydrogens (tertiary/aromatic N) is 1. The Morgan fingerprint density at radius 3 is 2.27 bits per heavy atom. The first kappa shape index (κ1) is 23.0. The summed E-state index contributed by atoms with van der Waals surface area (Å²) in [6.07, 6.45) is 0. The minimum Gasteiger partial charge on any atom is -0.497 e. The van der Waals surface area contributed by atoms with Crippen LogP contribution in [0, 0.1) is 0 Å². The summed E-state index contributed by atoms with van der Waals surface area (Å²) in [4.78, 5) is 29.0. The summed E-state index contributed by atoms with van der Waals surface area (Å²) in [6.45, 7) is 0. The molecule has 3 aromatic rings. The van der Waals surface area contributed by atoms with Gasteiger partial charge >= 0.3 is 0 Å². The zero-order valence-corrected chi connectivity index (χ0v) is 19.9. The monoisotopic (exact) mass is 500 g/mol. The lowest BCUT2D eigenvalue weighted by molar-refractivity contribution is -0.120. The standard InChI is InChI=1S/C24H18Cl2N2O4S/c1-31-15-9-12-20(32-2)18(13-15)27-21-22(33-16-10-7-14(25)8-11-16)24(30)28(23(21)29)19-6-4-3-5-17(19)26/h3-13,27H,1-2H3. The summed E-state index contributed by atoms with van der Waals surface area (Å²) in [5.41, 5.74) is 0.882. The van der Waals surface area contributed by atoms with E-state index in [4.69, 9.17) is 32.7 Å². The lowest BCUT2D eigenvalue weighted by Gasteiger charge is -2.17. The van der Waals surface area contributed by atoms with Crippen molar-refractivity contribution in [2.24, 2.45) is 0 Å². The zero-order chi connectivity index (χ0) is 23.5. The third kappa shape index (κ3) is 4.66. The van der Waals surface area contributed by atoms with Crippen LogP contribution in [-0.2, 0) is 9.59 Å². The SMILES string of the molecule is COc1ccc(OC)c(NC2=C(Sc3ccc(Cl)cc3)C(=O)N(c3ccccc3Cl)C2=O)c1. The van der Waals surface area contributed by atoms with Crippen molar-refractivity contribution in [3.05, 3.63) is 87.4 Å². The first-order valence-electron chi connectivity index (χ1n) is 9.73. The molecule has 0 bridgehead atoms. The summed E-state index contributed by atoms with van der Waals surface area (Å²) >= 11 is 13.5. The van der Waals surface area contributed by atoms with Gasteiger partial charge in [-0.15, -0.1) is 0 Å². The molecule has 0 atom stereocenters. The topological polar surface area (TPSA) is 67.9 Å². The highest BCUT2D eigenvalue weighted by molar-refractivity contribution is 8.04. The minimum absolute atomic E-state index is 0.103. The Balaban J connectivity index is 1.80. The fourth-order valence-electron chi connectivity index (χ4n) is 3.23. The molecule has 0 fully saturated rings. The number of para-hydroxylation sites is 1. The Bertz CT molecular complexity index is 1260. The van der Waals surface area contributed by atoms with Crippen molar-refractivity contribution in [2.45, 2.75) is 4.90 Å². The smallest absolute Gasteiger partial charge is 0.283 e. The largest absolute Gasteiger partial charge is 0.497 e. The molecule has 0 radical (unpaired) electrons. The fourth-order valence-corrected chi connectivity index (χ4v) is 4.51. The number of anilines is 2. The molecule has 0 unspecified atom stereocenters. The van der Waals surface area contributed by atoms with Crippen LogP contribution >= 0.6 is 35.0 Å². The van der Waals surface area contributed by atoms with E-state index in [1.54, 1.807) is 66.7 Å². The Labute approximate surface area is 205 Å². The molecule has 0 aromatic heterocycles. The van der Waals surface area contributed by atoms with Crippen LogP contribution in [0.4, 0.5) is 11.4 Å². The van der Waals surface area contributed by atoms with Crippen molar-refractivity contribution in [1.29, 1.82) is 0 Å².